The quantitative estimate of drug-likeness (QED) is 0.754. The van der Waals surface area contributed by atoms with Crippen LogP contribution in [-0.4, -0.2) is 16.2 Å². The third-order valence-electron chi connectivity index (χ3n) is 3.31. The van der Waals surface area contributed by atoms with E-state index in [1.165, 1.54) is 5.56 Å². The van der Waals surface area contributed by atoms with Crippen molar-refractivity contribution >= 4 is 29.0 Å². The van der Waals surface area contributed by atoms with Crippen LogP contribution in [0.4, 0.5) is 5.69 Å². The molecule has 2 aromatic rings. The summed E-state index contributed by atoms with van der Waals surface area (Å²) in [6.45, 7) is 4.56. The van der Waals surface area contributed by atoms with Crippen LogP contribution >= 0.6 is 12.2 Å². The predicted molar refractivity (Wildman–Crippen MR) is 92.4 cm³/mol. The normalized spacial score (nSPS) is 10.1. The molecule has 4 nitrogen and oxygen atoms in total. The molecule has 0 aliphatic carbocycles. The van der Waals surface area contributed by atoms with Crippen molar-refractivity contribution in [1.29, 1.82) is 0 Å². The van der Waals surface area contributed by atoms with E-state index in [-0.39, 0.29) is 5.56 Å². The van der Waals surface area contributed by atoms with Crippen molar-refractivity contribution in [3.8, 4) is 0 Å². The van der Waals surface area contributed by atoms with Crippen molar-refractivity contribution in [2.75, 3.05) is 5.32 Å². The van der Waals surface area contributed by atoms with E-state index in [0.717, 1.165) is 11.1 Å². The SMILES string of the molecule is Cc1ccc(CNC(=S)Nc2cc(C(=O)O)ccc2C)cc1. The number of carboxylic acids is 1. The van der Waals surface area contributed by atoms with E-state index in [1.807, 2.05) is 38.1 Å². The zero-order valence-electron chi connectivity index (χ0n) is 12.5. The van der Waals surface area contributed by atoms with Gasteiger partial charge in [0.25, 0.3) is 0 Å². The number of nitrogens with one attached hydrogen (secondary N) is 2. The van der Waals surface area contributed by atoms with Gasteiger partial charge in [0, 0.05) is 12.2 Å². The lowest BCUT2D eigenvalue weighted by Crippen LogP contribution is -2.28. The van der Waals surface area contributed by atoms with Gasteiger partial charge < -0.3 is 15.7 Å². The fourth-order valence-corrected chi connectivity index (χ4v) is 2.13. The number of thiocarbonyl (C=S) groups is 1. The Morgan fingerprint density at radius 1 is 1.14 bits per heavy atom. The number of carbonyl (C=O) groups is 1. The molecule has 0 saturated carbocycles. The molecule has 0 aliphatic heterocycles. The van der Waals surface area contributed by atoms with Gasteiger partial charge in [-0.3, -0.25) is 0 Å². The zero-order chi connectivity index (χ0) is 16.1. The molecule has 3 N–H and O–H groups in total. The zero-order valence-corrected chi connectivity index (χ0v) is 13.3. The van der Waals surface area contributed by atoms with Gasteiger partial charge in [0.2, 0.25) is 0 Å². The third kappa shape index (κ3) is 4.30. The Hall–Kier alpha value is -2.40. The first-order valence-corrected chi connectivity index (χ1v) is 7.31. The molecule has 0 bridgehead atoms. The van der Waals surface area contributed by atoms with Gasteiger partial charge in [-0.15, -0.1) is 0 Å². The minimum Gasteiger partial charge on any atom is -0.478 e. The molecule has 0 unspecified atom stereocenters. The first-order chi connectivity index (χ1) is 10.5. The highest BCUT2D eigenvalue weighted by Crippen LogP contribution is 2.17. The van der Waals surface area contributed by atoms with Crippen molar-refractivity contribution in [1.82, 2.24) is 5.32 Å². The first-order valence-electron chi connectivity index (χ1n) is 6.90. The summed E-state index contributed by atoms with van der Waals surface area (Å²) in [4.78, 5) is 11.0. The van der Waals surface area contributed by atoms with Crippen LogP contribution in [-0.2, 0) is 6.54 Å². The second-order valence-corrected chi connectivity index (χ2v) is 5.54. The molecular weight excluding hydrogens is 296 g/mol. The molecule has 0 saturated heterocycles. The monoisotopic (exact) mass is 314 g/mol. The lowest BCUT2D eigenvalue weighted by molar-refractivity contribution is 0.0697. The molecule has 2 rings (SSSR count). The van der Waals surface area contributed by atoms with Crippen LogP contribution in [0.15, 0.2) is 42.5 Å². The minimum atomic E-state index is -0.957. The molecule has 2 aromatic carbocycles. The average molecular weight is 314 g/mol. The van der Waals surface area contributed by atoms with Crippen LogP contribution in [0.1, 0.15) is 27.0 Å². The number of anilines is 1. The minimum absolute atomic E-state index is 0.231. The average Bonchev–Trinajstić information content (AvgIpc) is 2.48. The topological polar surface area (TPSA) is 61.4 Å². The van der Waals surface area contributed by atoms with Crippen LogP contribution in [0.3, 0.4) is 0 Å². The van der Waals surface area contributed by atoms with Gasteiger partial charge in [0.05, 0.1) is 5.56 Å². The van der Waals surface area contributed by atoms with Gasteiger partial charge in [0.1, 0.15) is 0 Å². The Bertz CT molecular complexity index is 696. The van der Waals surface area contributed by atoms with E-state index < -0.39 is 5.97 Å². The summed E-state index contributed by atoms with van der Waals surface area (Å²) >= 11 is 5.26. The van der Waals surface area contributed by atoms with E-state index in [0.29, 0.717) is 17.3 Å². The van der Waals surface area contributed by atoms with E-state index >= 15 is 0 Å². The third-order valence-corrected chi connectivity index (χ3v) is 3.55. The number of aromatic carboxylic acids is 1. The van der Waals surface area contributed by atoms with E-state index in [2.05, 4.69) is 10.6 Å². The van der Waals surface area contributed by atoms with Gasteiger partial charge in [-0.1, -0.05) is 35.9 Å². The molecule has 22 heavy (non-hydrogen) atoms. The van der Waals surface area contributed by atoms with Crippen LogP contribution in [0.5, 0.6) is 0 Å². The lowest BCUT2D eigenvalue weighted by Gasteiger charge is -2.13. The number of hydrogen-bond donors (Lipinski definition) is 3. The maximum Gasteiger partial charge on any atom is 0.335 e. The van der Waals surface area contributed by atoms with Gasteiger partial charge in [-0.2, -0.15) is 0 Å². The van der Waals surface area contributed by atoms with Gasteiger partial charge in [0.15, 0.2) is 5.11 Å². The van der Waals surface area contributed by atoms with Gasteiger partial charge >= 0.3 is 5.97 Å². The van der Waals surface area contributed by atoms with E-state index in [9.17, 15) is 4.79 Å². The summed E-state index contributed by atoms with van der Waals surface area (Å²) < 4.78 is 0. The largest absolute Gasteiger partial charge is 0.478 e. The molecule has 114 valence electrons. The Kier molecular flexibility index (Phi) is 5.12. The summed E-state index contributed by atoms with van der Waals surface area (Å²) in [5.74, 6) is -0.957. The second kappa shape index (κ2) is 7.04. The van der Waals surface area contributed by atoms with E-state index in [1.54, 1.807) is 18.2 Å². The molecule has 0 aromatic heterocycles. The Labute approximate surface area is 135 Å². The molecule has 0 atom stereocenters. The molecule has 0 radical (unpaired) electrons. The Morgan fingerprint density at radius 2 is 1.82 bits per heavy atom. The highest BCUT2D eigenvalue weighted by molar-refractivity contribution is 7.80. The fourth-order valence-electron chi connectivity index (χ4n) is 1.94. The molecule has 0 spiro atoms. The second-order valence-electron chi connectivity index (χ2n) is 5.13. The van der Waals surface area contributed by atoms with Crippen molar-refractivity contribution in [2.45, 2.75) is 20.4 Å². The predicted octanol–water partition coefficient (Wildman–Crippen LogP) is 3.49. The van der Waals surface area contributed by atoms with Gasteiger partial charge in [-0.25, -0.2) is 4.79 Å². The highest BCUT2D eigenvalue weighted by atomic mass is 32.1. The summed E-state index contributed by atoms with van der Waals surface area (Å²) in [6.07, 6.45) is 0. The Morgan fingerprint density at radius 3 is 2.45 bits per heavy atom. The number of carboxylic acid groups (broad SMARTS) is 1. The van der Waals surface area contributed by atoms with Crippen molar-refractivity contribution in [3.63, 3.8) is 0 Å². The number of aryl methyl sites for hydroxylation is 2. The highest BCUT2D eigenvalue weighted by Gasteiger charge is 2.07. The van der Waals surface area contributed by atoms with Crippen LogP contribution < -0.4 is 10.6 Å². The summed E-state index contributed by atoms with van der Waals surface area (Å²) in [5.41, 5.74) is 4.21. The number of hydrogen-bond acceptors (Lipinski definition) is 2. The van der Waals surface area contributed by atoms with Crippen molar-refractivity contribution in [2.24, 2.45) is 0 Å². The molecule has 0 fully saturated rings. The smallest absolute Gasteiger partial charge is 0.335 e. The maximum atomic E-state index is 11.0. The Balaban J connectivity index is 1.98. The van der Waals surface area contributed by atoms with Crippen LogP contribution in [0.2, 0.25) is 0 Å². The van der Waals surface area contributed by atoms with Crippen molar-refractivity contribution < 1.29 is 9.90 Å². The van der Waals surface area contributed by atoms with Crippen LogP contribution in [0, 0.1) is 13.8 Å². The van der Waals surface area contributed by atoms with E-state index in [4.69, 9.17) is 17.3 Å². The fraction of sp³-hybridized carbons (Fsp3) is 0.176. The summed E-state index contributed by atoms with van der Waals surface area (Å²) in [6, 6.07) is 13.1. The van der Waals surface area contributed by atoms with Crippen molar-refractivity contribution in [3.05, 3.63) is 64.7 Å². The number of benzene rings is 2. The summed E-state index contributed by atoms with van der Waals surface area (Å²) in [5, 5.41) is 15.7. The lowest BCUT2D eigenvalue weighted by atomic mass is 10.1. The number of rotatable bonds is 4. The molecule has 0 heterocycles. The molecule has 5 heteroatoms. The summed E-state index contributed by atoms with van der Waals surface area (Å²) in [7, 11) is 0. The standard InChI is InChI=1S/C17H18N2O2S/c1-11-3-6-13(7-4-11)10-18-17(22)19-15-9-14(16(20)21)8-5-12(15)2/h3-9H,10H2,1-2H3,(H,20,21)(H2,18,19,22). The maximum absolute atomic E-state index is 11.0. The first kappa shape index (κ1) is 16.0. The van der Waals surface area contributed by atoms with Crippen LogP contribution in [0.25, 0.3) is 0 Å². The van der Waals surface area contributed by atoms with Gasteiger partial charge in [-0.05, 0) is 49.3 Å². The molecule has 0 amide bonds. The molecular formula is C17H18N2O2S. The molecule has 0 aliphatic rings.